The third-order valence-corrected chi connectivity index (χ3v) is 4.23. The maximum atomic E-state index is 11.5. The molecule has 6 heteroatoms. The lowest BCUT2D eigenvalue weighted by atomic mass is 9.96. The van der Waals surface area contributed by atoms with Crippen molar-refractivity contribution in [3.8, 4) is 0 Å². The average molecular weight is 300 g/mol. The molecular weight excluding hydrogens is 280 g/mol. The summed E-state index contributed by atoms with van der Waals surface area (Å²) in [5.74, 6) is -0.684. The Kier molecular flexibility index (Phi) is 3.71. The summed E-state index contributed by atoms with van der Waals surface area (Å²) in [5, 5.41) is 0. The molecule has 0 aromatic heterocycles. The number of aryl methyl sites for hydroxylation is 1. The Hall–Kier alpha value is -0.950. The maximum absolute atomic E-state index is 11.5. The fraction of sp³-hybridized carbons (Fsp3) is 0.571. The third kappa shape index (κ3) is 3.38. The Morgan fingerprint density at radius 1 is 1.30 bits per heavy atom. The van der Waals surface area contributed by atoms with Gasteiger partial charge in [-0.2, -0.15) is 8.42 Å². The highest BCUT2D eigenvalue weighted by Crippen LogP contribution is 2.34. The van der Waals surface area contributed by atoms with E-state index >= 15 is 0 Å². The Bertz CT molecular complexity index is 620. The van der Waals surface area contributed by atoms with Gasteiger partial charge in [0.15, 0.2) is 5.79 Å². The number of benzene rings is 1. The first-order valence-electron chi connectivity index (χ1n) is 6.42. The van der Waals surface area contributed by atoms with Crippen molar-refractivity contribution in [3.05, 3.63) is 29.3 Å². The normalized spacial score (nSPS) is 25.9. The van der Waals surface area contributed by atoms with E-state index in [1.165, 1.54) is 6.07 Å². The number of hydrogen-bond donors (Lipinski definition) is 1. The van der Waals surface area contributed by atoms with E-state index in [1.807, 2.05) is 27.7 Å². The van der Waals surface area contributed by atoms with Crippen molar-refractivity contribution in [1.29, 1.82) is 0 Å². The van der Waals surface area contributed by atoms with E-state index in [4.69, 9.17) is 9.47 Å². The minimum atomic E-state index is -4.24. The molecule has 0 spiro atoms. The highest BCUT2D eigenvalue weighted by molar-refractivity contribution is 7.85. The van der Waals surface area contributed by atoms with Crippen molar-refractivity contribution in [3.63, 3.8) is 0 Å². The predicted octanol–water partition coefficient (Wildman–Crippen LogP) is 2.33. The van der Waals surface area contributed by atoms with Gasteiger partial charge in [0.25, 0.3) is 10.1 Å². The van der Waals surface area contributed by atoms with Crippen LogP contribution in [0.15, 0.2) is 23.1 Å². The number of hydrogen-bond acceptors (Lipinski definition) is 4. The number of ether oxygens (including phenoxy) is 2. The van der Waals surface area contributed by atoms with Crippen LogP contribution >= 0.6 is 0 Å². The van der Waals surface area contributed by atoms with Crippen molar-refractivity contribution in [2.45, 2.75) is 50.4 Å². The van der Waals surface area contributed by atoms with Gasteiger partial charge in [0, 0.05) is 6.42 Å². The smallest absolute Gasteiger partial charge is 0.294 e. The van der Waals surface area contributed by atoms with Crippen molar-refractivity contribution in [1.82, 2.24) is 0 Å². The zero-order valence-electron chi connectivity index (χ0n) is 12.1. The Morgan fingerprint density at radius 2 is 1.95 bits per heavy atom. The first-order valence-corrected chi connectivity index (χ1v) is 7.86. The molecule has 1 aliphatic rings. The first kappa shape index (κ1) is 15.4. The van der Waals surface area contributed by atoms with Gasteiger partial charge in [0.1, 0.15) is 0 Å². The van der Waals surface area contributed by atoms with Gasteiger partial charge in [0.05, 0.1) is 17.1 Å². The van der Waals surface area contributed by atoms with Crippen LogP contribution in [0.2, 0.25) is 0 Å². The van der Waals surface area contributed by atoms with E-state index in [0.717, 1.165) is 5.56 Å². The van der Waals surface area contributed by atoms with E-state index in [0.29, 0.717) is 18.6 Å². The summed E-state index contributed by atoms with van der Waals surface area (Å²) in [6.45, 7) is 7.75. The summed E-state index contributed by atoms with van der Waals surface area (Å²) in [7, 11) is -4.24. The summed E-state index contributed by atoms with van der Waals surface area (Å²) in [4.78, 5) is -0.0716. The quantitative estimate of drug-likeness (QED) is 0.867. The Morgan fingerprint density at radius 3 is 2.45 bits per heavy atom. The fourth-order valence-corrected chi connectivity index (χ4v) is 3.27. The SMILES string of the molecule is Cc1ccc(S(=O)(=O)O)c(CC2(C)COC(C)(C)O2)c1. The van der Waals surface area contributed by atoms with Gasteiger partial charge in [-0.15, -0.1) is 0 Å². The molecule has 0 radical (unpaired) electrons. The van der Waals surface area contributed by atoms with Crippen LogP contribution in [-0.2, 0) is 26.0 Å². The van der Waals surface area contributed by atoms with E-state index in [2.05, 4.69) is 0 Å². The van der Waals surface area contributed by atoms with Crippen LogP contribution in [0.1, 0.15) is 31.9 Å². The molecule has 1 unspecified atom stereocenters. The molecule has 1 aromatic carbocycles. The van der Waals surface area contributed by atoms with Crippen LogP contribution in [0, 0.1) is 6.92 Å². The molecule has 0 aliphatic carbocycles. The van der Waals surface area contributed by atoms with Crippen LogP contribution in [0.3, 0.4) is 0 Å². The molecule has 1 heterocycles. The maximum Gasteiger partial charge on any atom is 0.294 e. The monoisotopic (exact) mass is 300 g/mol. The second kappa shape index (κ2) is 4.80. The van der Waals surface area contributed by atoms with E-state index in [-0.39, 0.29) is 4.90 Å². The molecule has 5 nitrogen and oxygen atoms in total. The van der Waals surface area contributed by atoms with Gasteiger partial charge in [-0.25, -0.2) is 0 Å². The van der Waals surface area contributed by atoms with Gasteiger partial charge in [-0.1, -0.05) is 17.7 Å². The van der Waals surface area contributed by atoms with E-state index in [1.54, 1.807) is 12.1 Å². The molecule has 112 valence electrons. The standard InChI is InChI=1S/C14H20O5S/c1-10-5-6-12(20(15,16)17)11(7-10)8-14(4)9-18-13(2,3)19-14/h5-7H,8-9H2,1-4H3,(H,15,16,17). The molecule has 0 bridgehead atoms. The van der Waals surface area contributed by atoms with Gasteiger partial charge < -0.3 is 9.47 Å². The molecule has 1 atom stereocenters. The summed E-state index contributed by atoms with van der Waals surface area (Å²) < 4.78 is 43.6. The first-order chi connectivity index (χ1) is 9.01. The summed E-state index contributed by atoms with van der Waals surface area (Å²) in [5.41, 5.74) is 0.849. The summed E-state index contributed by atoms with van der Waals surface area (Å²) in [6.07, 6.45) is 0.354. The highest BCUT2D eigenvalue weighted by Gasteiger charge is 2.42. The molecule has 1 saturated heterocycles. The molecule has 1 aromatic rings. The van der Waals surface area contributed by atoms with Crippen LogP contribution < -0.4 is 0 Å². The van der Waals surface area contributed by atoms with Crippen molar-refractivity contribution < 1.29 is 22.4 Å². The second-order valence-electron chi connectivity index (χ2n) is 6.00. The van der Waals surface area contributed by atoms with E-state index in [9.17, 15) is 13.0 Å². The largest absolute Gasteiger partial charge is 0.347 e. The predicted molar refractivity (Wildman–Crippen MR) is 74.2 cm³/mol. The van der Waals surface area contributed by atoms with Crippen LogP contribution in [0.4, 0.5) is 0 Å². The minimum Gasteiger partial charge on any atom is -0.347 e. The zero-order valence-corrected chi connectivity index (χ0v) is 13.0. The molecular formula is C14H20O5S. The van der Waals surface area contributed by atoms with Crippen molar-refractivity contribution in [2.24, 2.45) is 0 Å². The lowest BCUT2D eigenvalue weighted by Gasteiger charge is -2.26. The second-order valence-corrected chi connectivity index (χ2v) is 7.39. The minimum absolute atomic E-state index is 0.0716. The molecule has 2 rings (SSSR count). The van der Waals surface area contributed by atoms with Gasteiger partial charge in [-0.3, -0.25) is 4.55 Å². The van der Waals surface area contributed by atoms with E-state index < -0.39 is 21.5 Å². The van der Waals surface area contributed by atoms with Gasteiger partial charge in [0.2, 0.25) is 0 Å². The topological polar surface area (TPSA) is 72.8 Å². The van der Waals surface area contributed by atoms with Crippen LogP contribution in [-0.4, -0.2) is 31.0 Å². The Labute approximate surface area is 119 Å². The zero-order chi connectivity index (χ0) is 15.2. The van der Waals surface area contributed by atoms with Crippen molar-refractivity contribution in [2.75, 3.05) is 6.61 Å². The molecule has 0 amide bonds. The molecule has 1 aliphatic heterocycles. The molecule has 1 fully saturated rings. The van der Waals surface area contributed by atoms with Crippen molar-refractivity contribution >= 4 is 10.1 Å². The highest BCUT2D eigenvalue weighted by atomic mass is 32.2. The van der Waals surface area contributed by atoms with Gasteiger partial charge >= 0.3 is 0 Å². The summed E-state index contributed by atoms with van der Waals surface area (Å²) in [6, 6.07) is 4.83. The van der Waals surface area contributed by atoms with Crippen LogP contribution in [0.5, 0.6) is 0 Å². The molecule has 20 heavy (non-hydrogen) atoms. The number of rotatable bonds is 3. The Balaban J connectivity index is 2.37. The average Bonchev–Trinajstić information content (AvgIpc) is 2.50. The third-order valence-electron chi connectivity index (χ3n) is 3.28. The lowest BCUT2D eigenvalue weighted by molar-refractivity contribution is -0.157. The molecule has 1 N–H and O–H groups in total. The summed E-state index contributed by atoms with van der Waals surface area (Å²) >= 11 is 0. The lowest BCUT2D eigenvalue weighted by Crippen LogP contribution is -2.33. The van der Waals surface area contributed by atoms with Crippen LogP contribution in [0.25, 0.3) is 0 Å². The van der Waals surface area contributed by atoms with Gasteiger partial charge in [-0.05, 0) is 39.3 Å². The molecule has 0 saturated carbocycles. The fourth-order valence-electron chi connectivity index (χ4n) is 2.57.